The molecule has 0 aromatic rings. The molecule has 6 nitrogen and oxygen atoms in total. The maximum Gasteiger partial charge on any atom is 0.305 e. The van der Waals surface area contributed by atoms with Gasteiger partial charge in [0.15, 0.2) is 5.79 Å². The summed E-state index contributed by atoms with van der Waals surface area (Å²) in [6.45, 7) is 7.59. The van der Waals surface area contributed by atoms with Crippen molar-refractivity contribution in [3.63, 3.8) is 0 Å². The van der Waals surface area contributed by atoms with E-state index in [4.69, 9.17) is 19.3 Å². The van der Waals surface area contributed by atoms with Crippen LogP contribution in [0.15, 0.2) is 0 Å². The monoisotopic (exact) mass is 412 g/mol. The first-order chi connectivity index (χ1) is 13.8. The Bertz CT molecular complexity index is 537. The molecule has 3 fully saturated rings. The van der Waals surface area contributed by atoms with Gasteiger partial charge in [0.2, 0.25) is 0 Å². The zero-order chi connectivity index (χ0) is 21.0. The molecule has 0 aromatic carbocycles. The second-order valence-electron chi connectivity index (χ2n) is 9.96. The summed E-state index contributed by atoms with van der Waals surface area (Å²) in [6, 6.07) is 0. The van der Waals surface area contributed by atoms with Gasteiger partial charge in [-0.1, -0.05) is 27.2 Å². The van der Waals surface area contributed by atoms with E-state index in [0.29, 0.717) is 24.2 Å². The average molecular weight is 413 g/mol. The number of rotatable bonds is 7. The van der Waals surface area contributed by atoms with Crippen molar-refractivity contribution in [1.29, 1.82) is 0 Å². The molecule has 0 radical (unpaired) electrons. The van der Waals surface area contributed by atoms with Gasteiger partial charge in [-0.25, -0.2) is 0 Å². The lowest BCUT2D eigenvalue weighted by Crippen LogP contribution is -2.55. The third kappa shape index (κ3) is 6.16. The van der Waals surface area contributed by atoms with Crippen molar-refractivity contribution in [3.05, 3.63) is 0 Å². The molecule has 1 saturated carbocycles. The van der Waals surface area contributed by atoms with Crippen LogP contribution in [0.5, 0.6) is 0 Å². The first-order valence-corrected chi connectivity index (χ1v) is 11.6. The van der Waals surface area contributed by atoms with Gasteiger partial charge < -0.3 is 24.4 Å². The normalized spacial score (nSPS) is 39.6. The average Bonchev–Trinajstić information content (AvgIpc) is 2.61. The lowest BCUT2D eigenvalue weighted by Gasteiger charge is -2.51. The van der Waals surface area contributed by atoms with Crippen molar-refractivity contribution < 1.29 is 29.2 Å². The Balaban J connectivity index is 1.56. The minimum Gasteiger partial charge on any atom is -0.481 e. The molecule has 168 valence electrons. The van der Waals surface area contributed by atoms with E-state index in [-0.39, 0.29) is 24.7 Å². The first-order valence-electron chi connectivity index (χ1n) is 11.6. The van der Waals surface area contributed by atoms with Gasteiger partial charge in [-0.3, -0.25) is 4.79 Å². The number of aliphatic hydroxyl groups excluding tert-OH is 1. The van der Waals surface area contributed by atoms with Gasteiger partial charge in [0, 0.05) is 18.8 Å². The number of aliphatic carboxylic acids is 1. The molecular formula is C23H40O6. The lowest BCUT2D eigenvalue weighted by molar-refractivity contribution is -0.342. The highest BCUT2D eigenvalue weighted by molar-refractivity contribution is 5.67. The number of carboxylic acids is 1. The van der Waals surface area contributed by atoms with Crippen LogP contribution in [0.3, 0.4) is 0 Å². The zero-order valence-corrected chi connectivity index (χ0v) is 18.3. The summed E-state index contributed by atoms with van der Waals surface area (Å²) in [4.78, 5) is 10.8. The van der Waals surface area contributed by atoms with E-state index >= 15 is 0 Å². The molecule has 1 spiro atoms. The second-order valence-corrected chi connectivity index (χ2v) is 9.96. The standard InChI is InChI=1S/C23H40O6/c1-15(2)21-8-7-16(3)14-23(21)27-10-9-20(29-23)13-19-6-4-5-18(28-19)11-17(24)12-22(25)26/h15-21,24H,4-14H2,1-3H3,(H,25,26)/t16-,17-,18+,19-,20+,21+,23?/m1/s1. The van der Waals surface area contributed by atoms with Crippen LogP contribution in [0.2, 0.25) is 0 Å². The summed E-state index contributed by atoms with van der Waals surface area (Å²) in [7, 11) is 0. The van der Waals surface area contributed by atoms with Crippen LogP contribution >= 0.6 is 0 Å². The third-order valence-electron chi connectivity index (χ3n) is 7.03. The molecule has 29 heavy (non-hydrogen) atoms. The van der Waals surface area contributed by atoms with Gasteiger partial charge in [0.05, 0.1) is 37.4 Å². The Morgan fingerprint density at radius 1 is 1.10 bits per heavy atom. The largest absolute Gasteiger partial charge is 0.481 e. The highest BCUT2D eigenvalue weighted by atomic mass is 16.7. The maximum atomic E-state index is 10.8. The predicted octanol–water partition coefficient (Wildman–Crippen LogP) is 4.13. The fraction of sp³-hybridized carbons (Fsp3) is 0.957. The Morgan fingerprint density at radius 2 is 1.86 bits per heavy atom. The summed E-state index contributed by atoms with van der Waals surface area (Å²) < 4.78 is 19.3. The van der Waals surface area contributed by atoms with Gasteiger partial charge in [-0.05, 0) is 50.4 Å². The maximum absolute atomic E-state index is 10.8. The van der Waals surface area contributed by atoms with Gasteiger partial charge in [-0.15, -0.1) is 0 Å². The van der Waals surface area contributed by atoms with Crippen LogP contribution in [0, 0.1) is 17.8 Å². The van der Waals surface area contributed by atoms with E-state index in [9.17, 15) is 9.90 Å². The third-order valence-corrected chi connectivity index (χ3v) is 7.03. The molecule has 2 heterocycles. The van der Waals surface area contributed by atoms with Gasteiger partial charge in [-0.2, -0.15) is 0 Å². The molecule has 2 N–H and O–H groups in total. The number of carboxylic acid groups (broad SMARTS) is 1. The highest BCUT2D eigenvalue weighted by Crippen LogP contribution is 2.47. The molecule has 1 aliphatic carbocycles. The molecule has 6 heteroatoms. The highest BCUT2D eigenvalue weighted by Gasteiger charge is 2.49. The van der Waals surface area contributed by atoms with Crippen molar-refractivity contribution in [2.45, 2.75) is 115 Å². The number of ether oxygens (including phenoxy) is 3. The van der Waals surface area contributed by atoms with E-state index in [0.717, 1.165) is 51.6 Å². The fourth-order valence-electron chi connectivity index (χ4n) is 5.68. The molecule has 0 bridgehead atoms. The van der Waals surface area contributed by atoms with Crippen molar-refractivity contribution >= 4 is 5.97 Å². The van der Waals surface area contributed by atoms with E-state index in [1.54, 1.807) is 0 Å². The van der Waals surface area contributed by atoms with Crippen LogP contribution in [-0.4, -0.2) is 53.0 Å². The van der Waals surface area contributed by atoms with Crippen LogP contribution in [0.1, 0.15) is 85.0 Å². The molecule has 0 aromatic heterocycles. The summed E-state index contributed by atoms with van der Waals surface area (Å²) in [5.74, 6) is 0.183. The van der Waals surface area contributed by atoms with E-state index in [1.165, 1.54) is 6.42 Å². The van der Waals surface area contributed by atoms with E-state index < -0.39 is 17.9 Å². The van der Waals surface area contributed by atoms with E-state index in [1.807, 2.05) is 0 Å². The minimum absolute atomic E-state index is 0.0602. The predicted molar refractivity (Wildman–Crippen MR) is 110 cm³/mol. The Hall–Kier alpha value is -0.690. The van der Waals surface area contributed by atoms with Crippen LogP contribution in [-0.2, 0) is 19.0 Å². The Morgan fingerprint density at radius 3 is 2.59 bits per heavy atom. The van der Waals surface area contributed by atoms with Crippen LogP contribution in [0.25, 0.3) is 0 Å². The molecule has 7 atom stereocenters. The van der Waals surface area contributed by atoms with Crippen molar-refractivity contribution in [2.24, 2.45) is 17.8 Å². The van der Waals surface area contributed by atoms with Crippen LogP contribution < -0.4 is 0 Å². The second kappa shape index (κ2) is 10.1. The molecular weight excluding hydrogens is 372 g/mol. The summed E-state index contributed by atoms with van der Waals surface area (Å²) in [5, 5.41) is 18.8. The van der Waals surface area contributed by atoms with Crippen molar-refractivity contribution in [2.75, 3.05) is 6.61 Å². The van der Waals surface area contributed by atoms with Gasteiger partial charge in [0.25, 0.3) is 0 Å². The molecule has 1 unspecified atom stereocenters. The summed E-state index contributed by atoms with van der Waals surface area (Å²) in [6.07, 6.45) is 7.61. The van der Waals surface area contributed by atoms with Gasteiger partial charge >= 0.3 is 5.97 Å². The molecule has 2 aliphatic heterocycles. The Labute approximate surface area is 175 Å². The van der Waals surface area contributed by atoms with Crippen LogP contribution in [0.4, 0.5) is 0 Å². The smallest absolute Gasteiger partial charge is 0.305 e. The summed E-state index contributed by atoms with van der Waals surface area (Å²) in [5.41, 5.74) is 0. The number of hydrogen-bond donors (Lipinski definition) is 2. The molecule has 2 saturated heterocycles. The SMILES string of the molecule is CC(C)[C@@H]1CC[C@@H](C)CC12OCC[C@@H](C[C@H]1CCC[C@@H](C[C@@H](O)CC(=O)O)O1)O2. The quantitative estimate of drug-likeness (QED) is 0.654. The topological polar surface area (TPSA) is 85.2 Å². The minimum atomic E-state index is -0.966. The number of aliphatic hydroxyl groups is 1. The van der Waals surface area contributed by atoms with Crippen molar-refractivity contribution in [1.82, 2.24) is 0 Å². The molecule has 0 amide bonds. The fourth-order valence-corrected chi connectivity index (χ4v) is 5.68. The molecule has 3 rings (SSSR count). The van der Waals surface area contributed by atoms with Gasteiger partial charge in [0.1, 0.15) is 0 Å². The van der Waals surface area contributed by atoms with E-state index in [2.05, 4.69) is 20.8 Å². The first kappa shape index (κ1) is 23.0. The summed E-state index contributed by atoms with van der Waals surface area (Å²) >= 11 is 0. The lowest BCUT2D eigenvalue weighted by atomic mass is 9.72. The van der Waals surface area contributed by atoms with Crippen molar-refractivity contribution in [3.8, 4) is 0 Å². The zero-order valence-electron chi connectivity index (χ0n) is 18.3. The Kier molecular flexibility index (Phi) is 7.99. The molecule has 3 aliphatic rings. The number of carbonyl (C=O) groups is 1. The number of hydrogen-bond acceptors (Lipinski definition) is 5.